The van der Waals surface area contributed by atoms with Crippen LogP contribution in [0, 0.1) is 10.1 Å². The number of nitrogens with zero attached hydrogens (tertiary/aromatic N) is 1. The van der Waals surface area contributed by atoms with Gasteiger partial charge in [-0.1, -0.05) is 29.3 Å². The van der Waals surface area contributed by atoms with Crippen LogP contribution in [0.3, 0.4) is 0 Å². The van der Waals surface area contributed by atoms with E-state index in [2.05, 4.69) is 10.6 Å². The molecular weight excluding hydrogens is 369 g/mol. The lowest BCUT2D eigenvalue weighted by molar-refractivity contribution is -0.384. The number of aliphatic hydroxyl groups is 1. The number of halogens is 2. The third-order valence-electron chi connectivity index (χ3n) is 3.50. The van der Waals surface area contributed by atoms with E-state index in [0.717, 1.165) is 6.07 Å². The number of rotatable bonds is 6. The fourth-order valence-corrected chi connectivity index (χ4v) is 2.90. The molecule has 0 saturated carbocycles. The maximum Gasteiger partial charge on any atom is 0.293 e. The largest absolute Gasteiger partial charge is 0.386 e. The number of anilines is 1. The zero-order valence-corrected chi connectivity index (χ0v) is 14.6. The summed E-state index contributed by atoms with van der Waals surface area (Å²) >= 11 is 12.1. The number of benzene rings is 2. The van der Waals surface area contributed by atoms with Gasteiger partial charge in [0.15, 0.2) is 0 Å². The summed E-state index contributed by atoms with van der Waals surface area (Å²) in [6, 6.07) is 8.85. The van der Waals surface area contributed by atoms with Crippen LogP contribution in [0.4, 0.5) is 11.4 Å². The maximum atomic E-state index is 11.6. The average Bonchev–Trinajstić information content (AvgIpc) is 2.58. The maximum absolute atomic E-state index is 11.6. The normalized spacial score (nSPS) is 11.7. The summed E-state index contributed by atoms with van der Waals surface area (Å²) in [6.45, 7) is -0.0520. The van der Waals surface area contributed by atoms with Crippen molar-refractivity contribution in [3.63, 3.8) is 0 Å². The number of aliphatic hydroxyl groups excluding tert-OH is 1. The average molecular weight is 384 g/mol. The van der Waals surface area contributed by atoms with Crippen LogP contribution >= 0.6 is 23.2 Å². The number of carbonyl (C=O) groups excluding carboxylic acids is 1. The van der Waals surface area contributed by atoms with E-state index in [0.29, 0.717) is 15.6 Å². The summed E-state index contributed by atoms with van der Waals surface area (Å²) < 4.78 is 0. The number of hydrogen-bond acceptors (Lipinski definition) is 5. The number of nitro groups is 1. The first-order valence-electron chi connectivity index (χ1n) is 7.21. The Kier molecular flexibility index (Phi) is 6.19. The van der Waals surface area contributed by atoms with Crippen molar-refractivity contribution in [2.45, 2.75) is 6.10 Å². The van der Waals surface area contributed by atoms with Gasteiger partial charge in [0, 0.05) is 40.8 Å². The first-order chi connectivity index (χ1) is 11.8. The van der Waals surface area contributed by atoms with Crippen molar-refractivity contribution >= 4 is 40.5 Å². The molecule has 0 spiro atoms. The highest BCUT2D eigenvalue weighted by Crippen LogP contribution is 2.31. The molecule has 0 aliphatic carbocycles. The molecule has 2 rings (SSSR count). The molecule has 7 nitrogen and oxygen atoms in total. The summed E-state index contributed by atoms with van der Waals surface area (Å²) in [7, 11) is 1.43. The zero-order valence-electron chi connectivity index (χ0n) is 13.1. The standard InChI is InChI=1S/C16H15Cl2N3O4/c1-19-16(23)9-5-6-12(13(7-9)21(24)25)20-8-14(22)15-10(17)3-2-4-11(15)18/h2-7,14,20,22H,8H2,1H3,(H,19,23). The van der Waals surface area contributed by atoms with E-state index in [1.165, 1.54) is 19.2 Å². The summed E-state index contributed by atoms with van der Waals surface area (Å²) in [5.41, 5.74) is 0.385. The van der Waals surface area contributed by atoms with E-state index < -0.39 is 16.9 Å². The van der Waals surface area contributed by atoms with E-state index >= 15 is 0 Å². The van der Waals surface area contributed by atoms with Gasteiger partial charge in [-0.15, -0.1) is 0 Å². The number of nitro benzene ring substituents is 1. The van der Waals surface area contributed by atoms with Crippen LogP contribution < -0.4 is 10.6 Å². The van der Waals surface area contributed by atoms with Crippen LogP contribution in [0.5, 0.6) is 0 Å². The Bertz CT molecular complexity index is 794. The van der Waals surface area contributed by atoms with Crippen LogP contribution in [-0.2, 0) is 0 Å². The van der Waals surface area contributed by atoms with Crippen molar-refractivity contribution in [1.82, 2.24) is 5.32 Å². The van der Waals surface area contributed by atoms with Crippen molar-refractivity contribution in [2.75, 3.05) is 18.9 Å². The molecule has 1 atom stereocenters. The summed E-state index contributed by atoms with van der Waals surface area (Å²) in [5.74, 6) is -0.433. The molecule has 0 radical (unpaired) electrons. The molecule has 0 fully saturated rings. The monoisotopic (exact) mass is 383 g/mol. The Balaban J connectivity index is 2.22. The second kappa shape index (κ2) is 8.15. The van der Waals surface area contributed by atoms with Gasteiger partial charge in [0.25, 0.3) is 11.6 Å². The SMILES string of the molecule is CNC(=O)c1ccc(NCC(O)c2c(Cl)cccc2Cl)c([N+](=O)[O-])c1. The quantitative estimate of drug-likeness (QED) is 0.523. The molecule has 0 heterocycles. The Morgan fingerprint density at radius 1 is 1.28 bits per heavy atom. The Morgan fingerprint density at radius 3 is 2.48 bits per heavy atom. The molecule has 0 saturated heterocycles. The molecular formula is C16H15Cl2N3O4. The third kappa shape index (κ3) is 4.39. The molecule has 3 N–H and O–H groups in total. The van der Waals surface area contributed by atoms with Gasteiger partial charge in [-0.3, -0.25) is 14.9 Å². The van der Waals surface area contributed by atoms with Crippen molar-refractivity contribution in [3.05, 3.63) is 67.7 Å². The topological polar surface area (TPSA) is 104 Å². The molecule has 0 bridgehead atoms. The zero-order chi connectivity index (χ0) is 18.6. The smallest absolute Gasteiger partial charge is 0.293 e. The van der Waals surface area contributed by atoms with E-state index in [-0.39, 0.29) is 23.5 Å². The summed E-state index contributed by atoms with van der Waals surface area (Å²) in [5, 5.41) is 27.3. The predicted octanol–water partition coefficient (Wildman–Crippen LogP) is 3.41. The Morgan fingerprint density at radius 2 is 1.92 bits per heavy atom. The molecule has 1 unspecified atom stereocenters. The van der Waals surface area contributed by atoms with Gasteiger partial charge in [-0.25, -0.2) is 0 Å². The second-order valence-corrected chi connectivity index (χ2v) is 5.91. The molecule has 25 heavy (non-hydrogen) atoms. The first-order valence-corrected chi connectivity index (χ1v) is 7.97. The molecule has 9 heteroatoms. The molecule has 0 aliphatic heterocycles. The molecule has 2 aromatic carbocycles. The highest BCUT2D eigenvalue weighted by Gasteiger charge is 2.20. The third-order valence-corrected chi connectivity index (χ3v) is 4.16. The lowest BCUT2D eigenvalue weighted by Crippen LogP contribution is -2.18. The van der Waals surface area contributed by atoms with Gasteiger partial charge in [0.1, 0.15) is 5.69 Å². The predicted molar refractivity (Wildman–Crippen MR) is 96.4 cm³/mol. The van der Waals surface area contributed by atoms with Crippen molar-refractivity contribution in [2.24, 2.45) is 0 Å². The highest BCUT2D eigenvalue weighted by atomic mass is 35.5. The lowest BCUT2D eigenvalue weighted by atomic mass is 10.1. The van der Waals surface area contributed by atoms with Crippen molar-refractivity contribution in [1.29, 1.82) is 0 Å². The van der Waals surface area contributed by atoms with Gasteiger partial charge in [-0.05, 0) is 24.3 Å². The van der Waals surface area contributed by atoms with E-state index in [1.54, 1.807) is 18.2 Å². The first kappa shape index (κ1) is 19.0. The number of carbonyl (C=O) groups is 1. The summed E-state index contributed by atoms with van der Waals surface area (Å²) in [6.07, 6.45) is -1.07. The molecule has 0 aromatic heterocycles. The number of hydrogen-bond donors (Lipinski definition) is 3. The van der Waals surface area contributed by atoms with Gasteiger partial charge in [-0.2, -0.15) is 0 Å². The molecule has 0 aliphatic rings. The highest BCUT2D eigenvalue weighted by molar-refractivity contribution is 6.36. The second-order valence-electron chi connectivity index (χ2n) is 5.10. The van der Waals surface area contributed by atoms with Crippen LogP contribution in [0.1, 0.15) is 22.0 Å². The Labute approximate surface area is 153 Å². The fraction of sp³-hybridized carbons (Fsp3) is 0.188. The molecule has 2 aromatic rings. The minimum Gasteiger partial charge on any atom is -0.386 e. The van der Waals surface area contributed by atoms with E-state index in [9.17, 15) is 20.0 Å². The molecule has 1 amide bonds. The van der Waals surface area contributed by atoms with Crippen molar-refractivity contribution in [3.8, 4) is 0 Å². The van der Waals surface area contributed by atoms with Gasteiger partial charge >= 0.3 is 0 Å². The number of amides is 1. The van der Waals surface area contributed by atoms with E-state index in [1.807, 2.05) is 0 Å². The van der Waals surface area contributed by atoms with Crippen LogP contribution in [0.25, 0.3) is 0 Å². The van der Waals surface area contributed by atoms with Gasteiger partial charge in [0.05, 0.1) is 11.0 Å². The fourth-order valence-electron chi connectivity index (χ4n) is 2.26. The van der Waals surface area contributed by atoms with E-state index in [4.69, 9.17) is 23.2 Å². The van der Waals surface area contributed by atoms with Crippen LogP contribution in [0.2, 0.25) is 10.0 Å². The Hall–Kier alpha value is -2.35. The van der Waals surface area contributed by atoms with Gasteiger partial charge in [0.2, 0.25) is 0 Å². The lowest BCUT2D eigenvalue weighted by Gasteiger charge is -2.16. The van der Waals surface area contributed by atoms with Crippen LogP contribution in [0.15, 0.2) is 36.4 Å². The number of nitrogens with one attached hydrogen (secondary N) is 2. The summed E-state index contributed by atoms with van der Waals surface area (Å²) in [4.78, 5) is 22.2. The van der Waals surface area contributed by atoms with Gasteiger partial charge < -0.3 is 15.7 Å². The van der Waals surface area contributed by atoms with Crippen LogP contribution in [-0.4, -0.2) is 29.5 Å². The molecule has 132 valence electrons. The minimum atomic E-state index is -1.07. The minimum absolute atomic E-state index is 0.0520. The van der Waals surface area contributed by atoms with Crippen molar-refractivity contribution < 1.29 is 14.8 Å².